The highest BCUT2D eigenvalue weighted by atomic mass is 16.5. The Balaban J connectivity index is 1.95. The Kier molecular flexibility index (Phi) is 9.16. The molecule has 6 heteroatoms. The number of carbonyl (C=O) groups excluding carboxylic acids is 3. The molecule has 160 valence electrons. The Labute approximate surface area is 173 Å². The molecule has 1 fully saturated rings. The minimum Gasteiger partial charge on any atom is -0.451 e. The van der Waals surface area contributed by atoms with E-state index >= 15 is 0 Å². The van der Waals surface area contributed by atoms with Crippen LogP contribution in [0.2, 0.25) is 0 Å². The average Bonchev–Trinajstić information content (AvgIpc) is 3.00. The van der Waals surface area contributed by atoms with Crippen LogP contribution in [0.15, 0.2) is 30.3 Å². The van der Waals surface area contributed by atoms with Gasteiger partial charge < -0.3 is 15.4 Å². The predicted molar refractivity (Wildman–Crippen MR) is 112 cm³/mol. The third kappa shape index (κ3) is 7.18. The van der Waals surface area contributed by atoms with Gasteiger partial charge in [-0.15, -0.1) is 0 Å². The molecule has 1 aliphatic carbocycles. The first-order valence-corrected chi connectivity index (χ1v) is 10.8. The lowest BCUT2D eigenvalue weighted by molar-refractivity contribution is -0.158. The molecule has 0 aliphatic heterocycles. The molecule has 3 atom stereocenters. The van der Waals surface area contributed by atoms with Crippen molar-refractivity contribution in [3.8, 4) is 0 Å². The quantitative estimate of drug-likeness (QED) is 0.514. The van der Waals surface area contributed by atoms with Crippen molar-refractivity contribution < 1.29 is 19.1 Å². The van der Waals surface area contributed by atoms with Crippen LogP contribution in [-0.4, -0.2) is 36.0 Å². The fourth-order valence-corrected chi connectivity index (χ4v) is 3.53. The molecule has 1 aliphatic rings. The first-order valence-electron chi connectivity index (χ1n) is 10.8. The topological polar surface area (TPSA) is 84.5 Å². The summed E-state index contributed by atoms with van der Waals surface area (Å²) < 4.78 is 5.44. The Morgan fingerprint density at radius 2 is 1.66 bits per heavy atom. The summed E-state index contributed by atoms with van der Waals surface area (Å²) in [5, 5.41) is 5.78. The summed E-state index contributed by atoms with van der Waals surface area (Å²) in [6, 6.07) is 8.09. The maximum absolute atomic E-state index is 12.8. The van der Waals surface area contributed by atoms with Crippen molar-refractivity contribution in [2.24, 2.45) is 5.92 Å². The zero-order valence-electron chi connectivity index (χ0n) is 17.8. The molecule has 0 unspecified atom stereocenters. The van der Waals surface area contributed by atoms with Crippen molar-refractivity contribution in [1.29, 1.82) is 0 Å². The van der Waals surface area contributed by atoms with Crippen LogP contribution in [0.25, 0.3) is 0 Å². The summed E-state index contributed by atoms with van der Waals surface area (Å²) in [4.78, 5) is 37.7. The summed E-state index contributed by atoms with van der Waals surface area (Å²) >= 11 is 0. The number of nitrogens with one attached hydrogen (secondary N) is 2. The van der Waals surface area contributed by atoms with Crippen molar-refractivity contribution >= 4 is 17.8 Å². The molecule has 1 aromatic rings. The Hall–Kier alpha value is -2.37. The van der Waals surface area contributed by atoms with Gasteiger partial charge in [0.15, 0.2) is 6.10 Å². The Morgan fingerprint density at radius 3 is 2.24 bits per heavy atom. The van der Waals surface area contributed by atoms with Crippen molar-refractivity contribution in [1.82, 2.24) is 10.6 Å². The molecule has 0 radical (unpaired) electrons. The number of hydrogen-bond acceptors (Lipinski definition) is 4. The van der Waals surface area contributed by atoms with Crippen LogP contribution >= 0.6 is 0 Å². The maximum Gasteiger partial charge on any atom is 0.329 e. The highest BCUT2D eigenvalue weighted by molar-refractivity contribution is 5.97. The van der Waals surface area contributed by atoms with Gasteiger partial charge in [0.2, 0.25) is 0 Å². The summed E-state index contributed by atoms with van der Waals surface area (Å²) in [5.41, 5.74) is 0.479. The van der Waals surface area contributed by atoms with Crippen LogP contribution in [0.1, 0.15) is 76.1 Å². The molecule has 0 heterocycles. The fraction of sp³-hybridized carbons (Fsp3) is 0.609. The smallest absolute Gasteiger partial charge is 0.329 e. The van der Waals surface area contributed by atoms with Gasteiger partial charge in [0.1, 0.15) is 6.04 Å². The first-order chi connectivity index (χ1) is 13.9. The minimum absolute atomic E-state index is 0.118. The average molecular weight is 403 g/mol. The second-order valence-corrected chi connectivity index (χ2v) is 7.98. The van der Waals surface area contributed by atoms with Crippen LogP contribution in [0.4, 0.5) is 0 Å². The summed E-state index contributed by atoms with van der Waals surface area (Å²) in [6.45, 7) is 5.41. The fourth-order valence-electron chi connectivity index (χ4n) is 3.53. The number of amides is 2. The van der Waals surface area contributed by atoms with Gasteiger partial charge in [0, 0.05) is 11.6 Å². The van der Waals surface area contributed by atoms with Crippen molar-refractivity contribution in [2.75, 3.05) is 0 Å². The van der Waals surface area contributed by atoms with Gasteiger partial charge in [0.25, 0.3) is 11.8 Å². The van der Waals surface area contributed by atoms with Crippen LogP contribution in [0.3, 0.4) is 0 Å². The molecule has 1 aromatic carbocycles. The van der Waals surface area contributed by atoms with E-state index in [4.69, 9.17) is 4.74 Å². The van der Waals surface area contributed by atoms with E-state index in [0.29, 0.717) is 12.0 Å². The second-order valence-electron chi connectivity index (χ2n) is 7.98. The lowest BCUT2D eigenvalue weighted by Crippen LogP contribution is -2.49. The molecule has 0 bridgehead atoms. The lowest BCUT2D eigenvalue weighted by atomic mass is 9.98. The predicted octanol–water partition coefficient (Wildman–Crippen LogP) is 3.60. The number of rotatable bonds is 8. The van der Waals surface area contributed by atoms with Gasteiger partial charge in [0.05, 0.1) is 0 Å². The largest absolute Gasteiger partial charge is 0.451 e. The molecule has 2 rings (SSSR count). The Morgan fingerprint density at radius 1 is 1.03 bits per heavy atom. The van der Waals surface area contributed by atoms with E-state index in [1.807, 2.05) is 19.9 Å². The van der Waals surface area contributed by atoms with E-state index < -0.39 is 18.1 Å². The van der Waals surface area contributed by atoms with E-state index in [-0.39, 0.29) is 23.8 Å². The van der Waals surface area contributed by atoms with Crippen LogP contribution < -0.4 is 10.6 Å². The van der Waals surface area contributed by atoms with E-state index in [1.54, 1.807) is 31.2 Å². The van der Waals surface area contributed by atoms with E-state index in [2.05, 4.69) is 10.6 Å². The molecular formula is C23H34N2O4. The number of esters is 1. The van der Waals surface area contributed by atoms with Crippen molar-refractivity contribution in [3.05, 3.63) is 35.9 Å². The number of hydrogen-bond donors (Lipinski definition) is 2. The highest BCUT2D eigenvalue weighted by Gasteiger charge is 2.31. The molecular weight excluding hydrogens is 368 g/mol. The van der Waals surface area contributed by atoms with Gasteiger partial charge >= 0.3 is 5.97 Å². The SMILES string of the molecule is CC[C@H](C)[C@H](NC(=O)c1ccccc1)C(=O)O[C@@H](C)C(=O)NC1CCCCCC1. The molecule has 2 amide bonds. The summed E-state index contributed by atoms with van der Waals surface area (Å²) in [7, 11) is 0. The highest BCUT2D eigenvalue weighted by Crippen LogP contribution is 2.18. The third-order valence-corrected chi connectivity index (χ3v) is 5.65. The van der Waals surface area contributed by atoms with E-state index in [1.165, 1.54) is 12.8 Å². The zero-order valence-corrected chi connectivity index (χ0v) is 17.8. The van der Waals surface area contributed by atoms with Gasteiger partial charge in [-0.1, -0.05) is 64.2 Å². The Bertz CT molecular complexity index is 669. The van der Waals surface area contributed by atoms with Crippen molar-refractivity contribution in [2.45, 2.75) is 83.9 Å². The van der Waals surface area contributed by atoms with Gasteiger partial charge in [-0.3, -0.25) is 9.59 Å². The van der Waals surface area contributed by atoms with Crippen LogP contribution in [-0.2, 0) is 14.3 Å². The number of ether oxygens (including phenoxy) is 1. The van der Waals surface area contributed by atoms with E-state index in [9.17, 15) is 14.4 Å². The molecule has 6 nitrogen and oxygen atoms in total. The minimum atomic E-state index is -0.897. The molecule has 1 saturated carbocycles. The second kappa shape index (κ2) is 11.6. The zero-order chi connectivity index (χ0) is 21.2. The third-order valence-electron chi connectivity index (χ3n) is 5.65. The summed E-state index contributed by atoms with van der Waals surface area (Å²) in [5.74, 6) is -1.30. The molecule has 0 aromatic heterocycles. The maximum atomic E-state index is 12.8. The van der Waals surface area contributed by atoms with Crippen LogP contribution in [0.5, 0.6) is 0 Å². The van der Waals surface area contributed by atoms with Crippen molar-refractivity contribution in [3.63, 3.8) is 0 Å². The first kappa shape index (κ1) is 22.9. The number of benzene rings is 1. The van der Waals surface area contributed by atoms with Crippen LogP contribution in [0, 0.1) is 5.92 Å². The van der Waals surface area contributed by atoms with Gasteiger partial charge in [-0.2, -0.15) is 0 Å². The van der Waals surface area contributed by atoms with E-state index in [0.717, 1.165) is 25.7 Å². The monoisotopic (exact) mass is 402 g/mol. The lowest BCUT2D eigenvalue weighted by Gasteiger charge is -2.25. The molecule has 29 heavy (non-hydrogen) atoms. The standard InChI is InChI=1S/C23H34N2O4/c1-4-16(2)20(25-22(27)18-12-8-7-9-13-18)23(28)29-17(3)21(26)24-19-14-10-5-6-11-15-19/h7-9,12-13,16-17,19-20H,4-6,10-11,14-15H2,1-3H3,(H,24,26)(H,25,27)/t16-,17-,20-/m0/s1. The van der Waals surface area contributed by atoms with Gasteiger partial charge in [-0.25, -0.2) is 4.79 Å². The number of carbonyl (C=O) groups is 3. The normalized spacial score (nSPS) is 18.0. The van der Waals surface area contributed by atoms with Gasteiger partial charge in [-0.05, 0) is 37.8 Å². The molecule has 2 N–H and O–H groups in total. The molecule has 0 spiro atoms. The molecule has 0 saturated heterocycles. The summed E-state index contributed by atoms with van der Waals surface area (Å²) in [6.07, 6.45) is 6.36.